The Hall–Kier alpha value is -2.96. The van der Waals surface area contributed by atoms with E-state index in [1.807, 2.05) is 0 Å². The predicted octanol–water partition coefficient (Wildman–Crippen LogP) is 5.03. The number of amides is 2. The van der Waals surface area contributed by atoms with Gasteiger partial charge in [0.25, 0.3) is 0 Å². The molecule has 0 saturated carbocycles. The zero-order valence-electron chi connectivity index (χ0n) is 23.4. The Bertz CT molecular complexity index is 1100. The van der Waals surface area contributed by atoms with Gasteiger partial charge < -0.3 is 21.3 Å². The maximum Gasteiger partial charge on any atom is 0.237 e. The van der Waals surface area contributed by atoms with Crippen molar-refractivity contribution < 1.29 is 9.59 Å². The Labute approximate surface area is 227 Å². The van der Waals surface area contributed by atoms with E-state index in [1.54, 1.807) is 0 Å². The summed E-state index contributed by atoms with van der Waals surface area (Å²) in [7, 11) is 0. The Balaban J connectivity index is 1.77. The minimum absolute atomic E-state index is 0.0656. The maximum absolute atomic E-state index is 13.1. The summed E-state index contributed by atoms with van der Waals surface area (Å²) in [6.45, 7) is 10.9. The second-order valence-corrected chi connectivity index (χ2v) is 11.2. The number of hydrogen-bond acceptors (Lipinski definition) is 4. The van der Waals surface area contributed by atoms with Gasteiger partial charge in [-0.3, -0.25) is 9.59 Å². The number of rotatable bonds is 2. The van der Waals surface area contributed by atoms with Gasteiger partial charge in [-0.15, -0.1) is 0 Å². The van der Waals surface area contributed by atoms with Crippen LogP contribution in [0.25, 0.3) is 21.5 Å². The van der Waals surface area contributed by atoms with Crippen LogP contribution in [0.2, 0.25) is 0 Å². The standard InChI is InChI=1S/C32H44N4O2/c1-21(2)29-31(37)33-17-11-5-6-12-18-34-32(38)30(22(3)4)36-20-28-25-15-9-7-13-23(25)27(19-35-29)24-14-8-10-16-26(24)28/h7-10,13-16,21-22,29-30,35-36H,5-6,11-12,17-20H2,1-4H3,(H,33,37)(H,34,38)/t29-,30-/m0/s1. The average Bonchev–Trinajstić information content (AvgIpc) is 2.90. The van der Waals surface area contributed by atoms with Crippen molar-refractivity contribution in [3.63, 3.8) is 0 Å². The summed E-state index contributed by atoms with van der Waals surface area (Å²) in [6.07, 6.45) is 3.95. The van der Waals surface area contributed by atoms with Crippen LogP contribution >= 0.6 is 0 Å². The molecule has 4 N–H and O–H groups in total. The molecule has 1 aliphatic heterocycles. The van der Waals surface area contributed by atoms with Crippen molar-refractivity contribution in [3.05, 3.63) is 59.7 Å². The lowest BCUT2D eigenvalue weighted by molar-refractivity contribution is -0.125. The van der Waals surface area contributed by atoms with Crippen molar-refractivity contribution in [2.75, 3.05) is 13.1 Å². The van der Waals surface area contributed by atoms with Gasteiger partial charge in [-0.2, -0.15) is 0 Å². The van der Waals surface area contributed by atoms with E-state index in [-0.39, 0.29) is 35.7 Å². The molecule has 2 amide bonds. The molecule has 4 rings (SSSR count). The zero-order chi connectivity index (χ0) is 27.1. The maximum atomic E-state index is 13.1. The summed E-state index contributed by atoms with van der Waals surface area (Å²) in [5.41, 5.74) is 2.40. The topological polar surface area (TPSA) is 82.3 Å². The van der Waals surface area contributed by atoms with E-state index in [2.05, 4.69) is 97.5 Å². The molecule has 6 nitrogen and oxygen atoms in total. The molecule has 0 radical (unpaired) electrons. The van der Waals surface area contributed by atoms with Gasteiger partial charge in [0.05, 0.1) is 12.1 Å². The number of carbonyl (C=O) groups excluding carboxylic acids is 2. The third kappa shape index (κ3) is 6.54. The smallest absolute Gasteiger partial charge is 0.237 e. The van der Waals surface area contributed by atoms with Crippen LogP contribution in [-0.4, -0.2) is 37.0 Å². The second kappa shape index (κ2) is 13.2. The summed E-state index contributed by atoms with van der Waals surface area (Å²) in [6, 6.07) is 16.5. The number of benzene rings is 3. The van der Waals surface area contributed by atoms with Gasteiger partial charge in [0.2, 0.25) is 11.8 Å². The van der Waals surface area contributed by atoms with Crippen molar-refractivity contribution in [1.29, 1.82) is 0 Å². The predicted molar refractivity (Wildman–Crippen MR) is 157 cm³/mol. The zero-order valence-corrected chi connectivity index (χ0v) is 23.4. The Morgan fingerprint density at radius 3 is 1.24 bits per heavy atom. The van der Waals surface area contributed by atoms with Crippen molar-refractivity contribution in [3.8, 4) is 0 Å². The summed E-state index contributed by atoms with van der Waals surface area (Å²) in [4.78, 5) is 26.2. The average molecular weight is 517 g/mol. The van der Waals surface area contributed by atoms with E-state index in [1.165, 1.54) is 32.7 Å². The van der Waals surface area contributed by atoms with E-state index in [0.717, 1.165) is 25.7 Å². The highest BCUT2D eigenvalue weighted by Crippen LogP contribution is 2.33. The minimum atomic E-state index is -0.263. The van der Waals surface area contributed by atoms with E-state index in [9.17, 15) is 9.59 Å². The second-order valence-electron chi connectivity index (χ2n) is 11.2. The molecule has 204 valence electrons. The van der Waals surface area contributed by atoms with Crippen LogP contribution < -0.4 is 21.3 Å². The molecular formula is C32H44N4O2. The molecule has 3 aromatic carbocycles. The molecule has 2 atom stereocenters. The van der Waals surface area contributed by atoms with Crippen LogP contribution in [0.4, 0.5) is 0 Å². The van der Waals surface area contributed by atoms with E-state index >= 15 is 0 Å². The molecule has 1 aliphatic rings. The summed E-state index contributed by atoms with van der Waals surface area (Å²) >= 11 is 0. The van der Waals surface area contributed by atoms with Gasteiger partial charge in [-0.1, -0.05) is 89.1 Å². The molecule has 0 unspecified atom stereocenters. The first-order valence-corrected chi connectivity index (χ1v) is 14.3. The summed E-state index contributed by atoms with van der Waals surface area (Å²) < 4.78 is 0. The fraction of sp³-hybridized carbons (Fsp3) is 0.500. The SMILES string of the molecule is CC(C)[C@@H]1NCc2c3ccccc3c(c3ccccc23)CN[C@@H](C(C)C)C(=O)NCCCCCCNC1=O. The largest absolute Gasteiger partial charge is 0.355 e. The summed E-state index contributed by atoms with van der Waals surface area (Å²) in [5, 5.41) is 18.2. The molecule has 0 saturated heterocycles. The van der Waals surface area contributed by atoms with Crippen LogP contribution in [0.1, 0.15) is 64.5 Å². The fourth-order valence-corrected chi connectivity index (χ4v) is 5.62. The van der Waals surface area contributed by atoms with Crippen molar-refractivity contribution in [2.24, 2.45) is 11.8 Å². The molecule has 38 heavy (non-hydrogen) atoms. The molecule has 6 heteroatoms. The Morgan fingerprint density at radius 1 is 0.579 bits per heavy atom. The molecule has 2 bridgehead atoms. The van der Waals surface area contributed by atoms with Gasteiger partial charge in [0.15, 0.2) is 0 Å². The monoisotopic (exact) mass is 516 g/mol. The van der Waals surface area contributed by atoms with E-state index < -0.39 is 0 Å². The van der Waals surface area contributed by atoms with Crippen LogP contribution in [-0.2, 0) is 22.7 Å². The molecule has 0 aromatic heterocycles. The summed E-state index contributed by atoms with van der Waals surface area (Å²) in [5.74, 6) is 0.475. The molecule has 0 aliphatic carbocycles. The van der Waals surface area contributed by atoms with E-state index in [0.29, 0.717) is 26.2 Å². The molecule has 0 fully saturated rings. The molecule has 3 aromatic rings. The lowest BCUT2D eigenvalue weighted by Crippen LogP contribution is -2.47. The molecule has 0 spiro atoms. The third-order valence-corrected chi connectivity index (χ3v) is 7.75. The van der Waals surface area contributed by atoms with Crippen molar-refractivity contribution in [2.45, 2.75) is 78.6 Å². The Morgan fingerprint density at radius 2 is 0.921 bits per heavy atom. The first-order valence-electron chi connectivity index (χ1n) is 14.3. The minimum Gasteiger partial charge on any atom is -0.355 e. The van der Waals surface area contributed by atoms with Crippen LogP contribution in [0.15, 0.2) is 48.5 Å². The number of nitrogens with one attached hydrogen (secondary N) is 4. The quantitative estimate of drug-likeness (QED) is 0.360. The van der Waals surface area contributed by atoms with Crippen molar-refractivity contribution >= 4 is 33.4 Å². The van der Waals surface area contributed by atoms with Gasteiger partial charge in [0, 0.05) is 26.2 Å². The normalized spacial score (nSPS) is 21.1. The van der Waals surface area contributed by atoms with Crippen LogP contribution in [0.3, 0.4) is 0 Å². The third-order valence-electron chi connectivity index (χ3n) is 7.75. The highest BCUT2D eigenvalue weighted by atomic mass is 16.2. The van der Waals surface area contributed by atoms with Gasteiger partial charge in [0.1, 0.15) is 0 Å². The lowest BCUT2D eigenvalue weighted by atomic mass is 9.90. The number of fused-ring (bicyclic) bond motifs is 3. The van der Waals surface area contributed by atoms with Crippen LogP contribution in [0, 0.1) is 11.8 Å². The van der Waals surface area contributed by atoms with Crippen molar-refractivity contribution in [1.82, 2.24) is 21.3 Å². The Kier molecular flexibility index (Phi) is 9.75. The number of carbonyl (C=O) groups is 2. The highest BCUT2D eigenvalue weighted by Gasteiger charge is 2.24. The van der Waals surface area contributed by atoms with Gasteiger partial charge >= 0.3 is 0 Å². The first-order chi connectivity index (χ1) is 18.4. The van der Waals surface area contributed by atoms with E-state index in [4.69, 9.17) is 0 Å². The fourth-order valence-electron chi connectivity index (χ4n) is 5.62. The molecular weight excluding hydrogens is 472 g/mol. The lowest BCUT2D eigenvalue weighted by Gasteiger charge is -2.25. The van der Waals surface area contributed by atoms with Gasteiger partial charge in [-0.05, 0) is 57.3 Å². The number of hydrogen-bond donors (Lipinski definition) is 4. The van der Waals surface area contributed by atoms with Crippen LogP contribution in [0.5, 0.6) is 0 Å². The molecule has 1 heterocycles. The van der Waals surface area contributed by atoms with Gasteiger partial charge in [-0.25, -0.2) is 0 Å². The first kappa shape index (κ1) is 28.1. The highest BCUT2D eigenvalue weighted by molar-refractivity contribution is 6.05.